The molecule has 4 aromatic rings. The molecule has 2 atom stereocenters. The molecule has 32 heavy (non-hydrogen) atoms. The third-order valence-corrected chi connectivity index (χ3v) is 6.42. The van der Waals surface area contributed by atoms with Gasteiger partial charge in [-0.1, -0.05) is 13.0 Å². The molecule has 1 fully saturated rings. The first kappa shape index (κ1) is 20.2. The molecule has 1 saturated heterocycles. The lowest BCUT2D eigenvalue weighted by molar-refractivity contribution is 0.351. The molecule has 0 radical (unpaired) electrons. The quantitative estimate of drug-likeness (QED) is 0.489. The van der Waals surface area contributed by atoms with Crippen LogP contribution in [-0.4, -0.2) is 32.1 Å². The minimum absolute atomic E-state index is 0.154. The van der Waals surface area contributed by atoms with E-state index in [0.717, 1.165) is 41.8 Å². The lowest BCUT2D eigenvalue weighted by Gasteiger charge is -2.39. The van der Waals surface area contributed by atoms with Crippen molar-refractivity contribution in [2.24, 2.45) is 7.05 Å². The molecule has 0 spiro atoms. The predicted octanol–water partition coefficient (Wildman–Crippen LogP) is 3.81. The Bertz CT molecular complexity index is 1430. The number of aryl methyl sites for hydroxylation is 2. The van der Waals surface area contributed by atoms with Gasteiger partial charge in [-0.05, 0) is 56.0 Å². The Hall–Kier alpha value is -3.73. The number of rotatable bonds is 3. The summed E-state index contributed by atoms with van der Waals surface area (Å²) in [5.74, 6) is 1.53. The normalized spacial score (nSPS) is 18.9. The maximum atomic E-state index is 12.6. The Morgan fingerprint density at radius 2 is 2.06 bits per heavy atom. The maximum absolute atomic E-state index is 12.6. The number of pyridine rings is 1. The van der Waals surface area contributed by atoms with Gasteiger partial charge in [0.1, 0.15) is 22.8 Å². The number of oxazole rings is 1. The maximum Gasteiger partial charge on any atom is 0.349 e. The molecule has 1 aliphatic rings. The summed E-state index contributed by atoms with van der Waals surface area (Å²) < 4.78 is 7.56. The van der Waals surface area contributed by atoms with Crippen molar-refractivity contribution in [3.8, 4) is 6.07 Å². The largest absolute Gasteiger partial charge is 0.440 e. The summed E-state index contributed by atoms with van der Waals surface area (Å²) in [5.41, 5.74) is 4.10. The van der Waals surface area contributed by atoms with Gasteiger partial charge in [0.15, 0.2) is 17.3 Å². The van der Waals surface area contributed by atoms with Gasteiger partial charge >= 0.3 is 5.69 Å². The van der Waals surface area contributed by atoms with Gasteiger partial charge in [-0.15, -0.1) is 0 Å². The van der Waals surface area contributed by atoms with E-state index in [-0.39, 0.29) is 17.6 Å². The summed E-state index contributed by atoms with van der Waals surface area (Å²) in [6, 6.07) is 11.7. The van der Waals surface area contributed by atoms with Gasteiger partial charge in [0.05, 0.1) is 5.52 Å². The van der Waals surface area contributed by atoms with Crippen LogP contribution in [0.2, 0.25) is 0 Å². The minimum Gasteiger partial charge on any atom is -0.440 e. The van der Waals surface area contributed by atoms with E-state index < -0.39 is 0 Å². The number of piperidine rings is 1. The third-order valence-electron chi connectivity index (χ3n) is 6.42. The van der Waals surface area contributed by atoms with Gasteiger partial charge < -0.3 is 9.32 Å². The smallest absolute Gasteiger partial charge is 0.349 e. The van der Waals surface area contributed by atoms with Crippen LogP contribution in [0.1, 0.15) is 49.3 Å². The highest BCUT2D eigenvalue weighted by Gasteiger charge is 2.33. The van der Waals surface area contributed by atoms with Crippen molar-refractivity contribution in [1.82, 2.24) is 19.5 Å². The molecule has 1 aromatic carbocycles. The van der Waals surface area contributed by atoms with Crippen molar-refractivity contribution in [1.29, 1.82) is 5.26 Å². The van der Waals surface area contributed by atoms with E-state index in [9.17, 15) is 10.1 Å². The molecule has 162 valence electrons. The fourth-order valence-corrected chi connectivity index (χ4v) is 4.64. The lowest BCUT2D eigenvalue weighted by Crippen LogP contribution is -2.43. The van der Waals surface area contributed by atoms with E-state index in [1.807, 2.05) is 25.1 Å². The van der Waals surface area contributed by atoms with Crippen molar-refractivity contribution < 1.29 is 4.42 Å². The highest BCUT2D eigenvalue weighted by Crippen LogP contribution is 2.37. The number of nitriles is 1. The third kappa shape index (κ3) is 3.30. The second-order valence-electron chi connectivity index (χ2n) is 8.45. The molecule has 0 aliphatic carbocycles. The fourth-order valence-electron chi connectivity index (χ4n) is 4.64. The predicted molar refractivity (Wildman–Crippen MR) is 122 cm³/mol. The molecule has 0 bridgehead atoms. The molecule has 0 N–H and O–H groups in total. The van der Waals surface area contributed by atoms with Crippen LogP contribution in [0.5, 0.6) is 0 Å². The molecule has 3 aromatic heterocycles. The van der Waals surface area contributed by atoms with E-state index in [0.29, 0.717) is 29.1 Å². The topological polar surface area (TPSA) is 101 Å². The summed E-state index contributed by atoms with van der Waals surface area (Å²) in [5, 5.41) is 9.33. The summed E-state index contributed by atoms with van der Waals surface area (Å²) in [6.45, 7) is 4.88. The Morgan fingerprint density at radius 3 is 2.84 bits per heavy atom. The van der Waals surface area contributed by atoms with Crippen LogP contribution >= 0.6 is 0 Å². The van der Waals surface area contributed by atoms with E-state index >= 15 is 0 Å². The Kier molecular flexibility index (Phi) is 4.89. The second kappa shape index (κ2) is 7.75. The molecular weight excluding hydrogens is 404 g/mol. The van der Waals surface area contributed by atoms with E-state index in [4.69, 9.17) is 9.40 Å². The van der Waals surface area contributed by atoms with Crippen LogP contribution in [-0.2, 0) is 7.05 Å². The first-order valence-electron chi connectivity index (χ1n) is 10.9. The lowest BCUT2D eigenvalue weighted by atomic mass is 9.89. The van der Waals surface area contributed by atoms with Crippen LogP contribution in [0.3, 0.4) is 0 Å². The van der Waals surface area contributed by atoms with Gasteiger partial charge in [-0.3, -0.25) is 4.57 Å². The summed E-state index contributed by atoms with van der Waals surface area (Å²) in [7, 11) is 1.67. The first-order chi connectivity index (χ1) is 15.5. The van der Waals surface area contributed by atoms with Crippen LogP contribution in [0, 0.1) is 18.3 Å². The second-order valence-corrected chi connectivity index (χ2v) is 8.45. The van der Waals surface area contributed by atoms with E-state index in [1.54, 1.807) is 19.2 Å². The molecule has 4 heterocycles. The van der Waals surface area contributed by atoms with E-state index in [2.05, 4.69) is 27.9 Å². The van der Waals surface area contributed by atoms with Gasteiger partial charge in [0.25, 0.3) is 0 Å². The van der Waals surface area contributed by atoms with E-state index in [1.165, 1.54) is 4.57 Å². The van der Waals surface area contributed by atoms with Crippen molar-refractivity contribution in [3.05, 3.63) is 58.0 Å². The highest BCUT2D eigenvalue weighted by atomic mass is 16.3. The van der Waals surface area contributed by atoms with Crippen LogP contribution in [0.15, 0.2) is 39.5 Å². The number of aromatic nitrogens is 4. The van der Waals surface area contributed by atoms with Crippen molar-refractivity contribution in [3.63, 3.8) is 0 Å². The van der Waals surface area contributed by atoms with Crippen LogP contribution in [0.4, 0.5) is 5.82 Å². The van der Waals surface area contributed by atoms with Crippen molar-refractivity contribution in [2.75, 3.05) is 11.4 Å². The Labute approximate surface area is 185 Å². The molecule has 0 saturated carbocycles. The zero-order chi connectivity index (χ0) is 22.4. The van der Waals surface area contributed by atoms with Gasteiger partial charge in [-0.25, -0.2) is 14.8 Å². The first-order valence-corrected chi connectivity index (χ1v) is 10.9. The number of hydrogen-bond donors (Lipinski definition) is 0. The van der Waals surface area contributed by atoms with Gasteiger partial charge in [0, 0.05) is 25.6 Å². The Morgan fingerprint density at radius 1 is 1.22 bits per heavy atom. The monoisotopic (exact) mass is 428 g/mol. The average Bonchev–Trinajstić information content (AvgIpc) is 3.24. The molecule has 0 unspecified atom stereocenters. The van der Waals surface area contributed by atoms with Gasteiger partial charge in [-0.2, -0.15) is 10.2 Å². The molecule has 5 rings (SSSR count). The zero-order valence-electron chi connectivity index (χ0n) is 18.4. The summed E-state index contributed by atoms with van der Waals surface area (Å²) >= 11 is 0. The summed E-state index contributed by atoms with van der Waals surface area (Å²) in [6.07, 6.45) is 2.56. The standard InChI is InChI=1S/C24H24N6O2/c1-4-17-12-15(23-27-18-11-14(2)5-8-20(18)32-23)9-10-30(17)22-21-19(29(3)24(31)28-22)7-6-16(13-25)26-21/h5-8,11,15,17H,4,9-10,12H2,1-3H3/t15-,17+/m1/s1. The van der Waals surface area contributed by atoms with Crippen molar-refractivity contribution >= 4 is 28.0 Å². The van der Waals surface area contributed by atoms with Gasteiger partial charge in [0.2, 0.25) is 0 Å². The molecule has 1 aliphatic heterocycles. The zero-order valence-corrected chi connectivity index (χ0v) is 18.4. The summed E-state index contributed by atoms with van der Waals surface area (Å²) in [4.78, 5) is 28.4. The number of benzene rings is 1. The SMILES string of the molecule is CC[C@H]1C[C@H](c2nc3cc(C)ccc3o2)CCN1c1nc(=O)n(C)c2ccc(C#N)nc12. The molecular formula is C24H24N6O2. The highest BCUT2D eigenvalue weighted by molar-refractivity contribution is 5.86. The van der Waals surface area contributed by atoms with Crippen LogP contribution in [0.25, 0.3) is 22.1 Å². The van der Waals surface area contributed by atoms with Crippen LogP contribution < -0.4 is 10.6 Å². The number of nitrogens with zero attached hydrogens (tertiary/aromatic N) is 6. The molecule has 0 amide bonds. The van der Waals surface area contributed by atoms with Crippen molar-refractivity contribution in [2.45, 2.75) is 45.1 Å². The minimum atomic E-state index is -0.328. The number of fused-ring (bicyclic) bond motifs is 2. The average molecular weight is 428 g/mol. The number of anilines is 1. The molecule has 8 nitrogen and oxygen atoms in total. The Balaban J connectivity index is 1.52. The fraction of sp³-hybridized carbons (Fsp3) is 0.375. The number of hydrogen-bond acceptors (Lipinski definition) is 7. The molecule has 8 heteroatoms.